The van der Waals surface area contributed by atoms with Crippen molar-refractivity contribution in [1.29, 1.82) is 0 Å². The van der Waals surface area contributed by atoms with Crippen LogP contribution in [0.25, 0.3) is 0 Å². The molecule has 1 aliphatic rings. The number of hydrogen-bond acceptors (Lipinski definition) is 4. The van der Waals surface area contributed by atoms with Gasteiger partial charge in [-0.15, -0.1) is 11.3 Å². The lowest BCUT2D eigenvalue weighted by molar-refractivity contribution is 0.239. The smallest absolute Gasteiger partial charge is 0.0954 e. The third-order valence-corrected chi connectivity index (χ3v) is 4.82. The Morgan fingerprint density at radius 1 is 1.53 bits per heavy atom. The van der Waals surface area contributed by atoms with E-state index in [0.29, 0.717) is 12.0 Å². The maximum Gasteiger partial charge on any atom is 0.0954 e. The first-order valence-electron chi connectivity index (χ1n) is 7.59. The quantitative estimate of drug-likeness (QED) is 0.831. The summed E-state index contributed by atoms with van der Waals surface area (Å²) in [5, 5.41) is 7.10. The van der Waals surface area contributed by atoms with E-state index in [2.05, 4.69) is 36.4 Å². The Kier molecular flexibility index (Phi) is 5.79. The van der Waals surface area contributed by atoms with E-state index in [1.54, 1.807) is 0 Å². The Balaban J connectivity index is 1.90. The van der Waals surface area contributed by atoms with Gasteiger partial charge < -0.3 is 5.32 Å². The zero-order valence-electron chi connectivity index (χ0n) is 12.5. The van der Waals surface area contributed by atoms with Crippen molar-refractivity contribution < 1.29 is 0 Å². The third-order valence-electron chi connectivity index (χ3n) is 3.63. The highest BCUT2D eigenvalue weighted by Gasteiger charge is 2.18. The molecule has 1 aromatic heterocycles. The minimum atomic E-state index is 0.551. The van der Waals surface area contributed by atoms with Crippen LogP contribution in [0, 0.1) is 0 Å². The van der Waals surface area contributed by atoms with Crippen LogP contribution in [-0.2, 0) is 6.54 Å². The van der Waals surface area contributed by atoms with Crippen LogP contribution in [0.1, 0.15) is 56.7 Å². The zero-order valence-corrected chi connectivity index (χ0v) is 13.3. The van der Waals surface area contributed by atoms with Gasteiger partial charge in [0.15, 0.2) is 0 Å². The van der Waals surface area contributed by atoms with Gasteiger partial charge in [-0.2, -0.15) is 0 Å². The van der Waals surface area contributed by atoms with E-state index in [9.17, 15) is 0 Å². The first-order chi connectivity index (χ1) is 9.19. The van der Waals surface area contributed by atoms with Gasteiger partial charge >= 0.3 is 0 Å². The summed E-state index contributed by atoms with van der Waals surface area (Å²) in [7, 11) is 0. The first-order valence-corrected chi connectivity index (χ1v) is 8.47. The molecule has 1 saturated heterocycles. The fourth-order valence-electron chi connectivity index (χ4n) is 2.66. The highest BCUT2D eigenvalue weighted by atomic mass is 32.1. The Labute approximate surface area is 121 Å². The molecule has 0 saturated carbocycles. The molecule has 108 valence electrons. The molecule has 1 aliphatic heterocycles. The Bertz CT molecular complexity index is 369. The predicted molar refractivity (Wildman–Crippen MR) is 82.8 cm³/mol. The van der Waals surface area contributed by atoms with E-state index in [1.807, 2.05) is 11.3 Å². The van der Waals surface area contributed by atoms with Crippen molar-refractivity contribution in [3.63, 3.8) is 0 Å². The van der Waals surface area contributed by atoms with Gasteiger partial charge in [-0.05, 0) is 32.4 Å². The molecule has 0 radical (unpaired) electrons. The number of aromatic nitrogens is 1. The largest absolute Gasteiger partial charge is 0.313 e. The van der Waals surface area contributed by atoms with Crippen LogP contribution in [0.15, 0.2) is 5.38 Å². The number of thiazole rings is 1. The summed E-state index contributed by atoms with van der Waals surface area (Å²) in [6, 6.07) is 0.690. The molecular formula is C15H27N3S. The molecule has 0 aromatic carbocycles. The lowest BCUT2D eigenvalue weighted by Crippen LogP contribution is -2.37. The minimum Gasteiger partial charge on any atom is -0.313 e. The fourth-order valence-corrected chi connectivity index (χ4v) is 3.49. The van der Waals surface area contributed by atoms with E-state index >= 15 is 0 Å². The molecule has 0 spiro atoms. The van der Waals surface area contributed by atoms with Crippen LogP contribution < -0.4 is 5.32 Å². The molecule has 1 unspecified atom stereocenters. The normalized spacial score (nSPS) is 19.7. The molecule has 2 rings (SSSR count). The van der Waals surface area contributed by atoms with Crippen LogP contribution in [0.3, 0.4) is 0 Å². The first kappa shape index (κ1) is 14.9. The van der Waals surface area contributed by atoms with Crippen LogP contribution >= 0.6 is 11.3 Å². The summed E-state index contributed by atoms with van der Waals surface area (Å²) >= 11 is 1.81. The predicted octanol–water partition coefficient (Wildman–Crippen LogP) is 3.23. The molecular weight excluding hydrogens is 254 g/mol. The van der Waals surface area contributed by atoms with Gasteiger partial charge in [0.1, 0.15) is 0 Å². The van der Waals surface area contributed by atoms with Crippen molar-refractivity contribution in [3.8, 4) is 0 Å². The summed E-state index contributed by atoms with van der Waals surface area (Å²) in [6.45, 7) is 11.2. The van der Waals surface area contributed by atoms with Crippen molar-refractivity contribution in [3.05, 3.63) is 16.1 Å². The Hall–Kier alpha value is -0.450. The lowest BCUT2D eigenvalue weighted by Gasteiger charge is -2.24. The number of nitrogens with one attached hydrogen (secondary N) is 1. The summed E-state index contributed by atoms with van der Waals surface area (Å²) in [5.41, 5.74) is 1.25. The molecule has 2 heterocycles. The molecule has 19 heavy (non-hydrogen) atoms. The molecule has 3 nitrogen and oxygen atoms in total. The van der Waals surface area contributed by atoms with E-state index in [1.165, 1.54) is 49.6 Å². The third kappa shape index (κ3) is 4.55. The molecule has 0 aliphatic carbocycles. The van der Waals surface area contributed by atoms with Crippen molar-refractivity contribution in [2.45, 2.75) is 58.5 Å². The van der Waals surface area contributed by atoms with Crippen molar-refractivity contribution in [1.82, 2.24) is 15.2 Å². The summed E-state index contributed by atoms with van der Waals surface area (Å²) in [5.74, 6) is 0.551. The van der Waals surface area contributed by atoms with Gasteiger partial charge in [0.2, 0.25) is 0 Å². The van der Waals surface area contributed by atoms with Gasteiger partial charge in [-0.25, -0.2) is 4.98 Å². The molecule has 1 fully saturated rings. The minimum absolute atomic E-state index is 0.551. The SMILES string of the molecule is CCCN(Cc1csc(C(C)C)n1)CC1CCCN1. The molecule has 0 bridgehead atoms. The van der Waals surface area contributed by atoms with Crippen molar-refractivity contribution in [2.24, 2.45) is 0 Å². The second kappa shape index (κ2) is 7.36. The zero-order chi connectivity index (χ0) is 13.7. The number of nitrogens with zero attached hydrogens (tertiary/aromatic N) is 2. The van der Waals surface area contributed by atoms with E-state index in [4.69, 9.17) is 4.98 Å². The molecule has 1 N–H and O–H groups in total. The molecule has 1 atom stereocenters. The standard InChI is InChI=1S/C15H27N3S/c1-4-8-18(9-13-6-5-7-16-13)10-14-11-19-15(17-14)12(2)3/h11-13,16H,4-10H2,1-3H3. The van der Waals surface area contributed by atoms with Crippen molar-refractivity contribution in [2.75, 3.05) is 19.6 Å². The van der Waals surface area contributed by atoms with Gasteiger partial charge in [-0.1, -0.05) is 20.8 Å². The maximum absolute atomic E-state index is 4.76. The van der Waals surface area contributed by atoms with E-state index in [-0.39, 0.29) is 0 Å². The Morgan fingerprint density at radius 3 is 2.95 bits per heavy atom. The average molecular weight is 281 g/mol. The average Bonchev–Trinajstić information content (AvgIpc) is 3.00. The number of hydrogen-bond donors (Lipinski definition) is 1. The van der Waals surface area contributed by atoms with E-state index in [0.717, 1.165) is 6.54 Å². The van der Waals surface area contributed by atoms with Gasteiger partial charge in [0, 0.05) is 30.4 Å². The van der Waals surface area contributed by atoms with Crippen LogP contribution in [0.5, 0.6) is 0 Å². The Morgan fingerprint density at radius 2 is 2.37 bits per heavy atom. The van der Waals surface area contributed by atoms with Gasteiger partial charge in [0.05, 0.1) is 10.7 Å². The second-order valence-electron chi connectivity index (χ2n) is 5.86. The highest BCUT2D eigenvalue weighted by Crippen LogP contribution is 2.20. The summed E-state index contributed by atoms with van der Waals surface area (Å²) in [4.78, 5) is 7.32. The van der Waals surface area contributed by atoms with E-state index < -0.39 is 0 Å². The monoisotopic (exact) mass is 281 g/mol. The summed E-state index contributed by atoms with van der Waals surface area (Å²) < 4.78 is 0. The maximum atomic E-state index is 4.76. The van der Waals surface area contributed by atoms with Gasteiger partial charge in [0.25, 0.3) is 0 Å². The highest BCUT2D eigenvalue weighted by molar-refractivity contribution is 7.09. The van der Waals surface area contributed by atoms with Crippen LogP contribution in [0.4, 0.5) is 0 Å². The number of rotatable bonds is 7. The molecule has 1 aromatic rings. The topological polar surface area (TPSA) is 28.2 Å². The molecule has 4 heteroatoms. The van der Waals surface area contributed by atoms with Crippen LogP contribution in [0.2, 0.25) is 0 Å². The second-order valence-corrected chi connectivity index (χ2v) is 6.75. The fraction of sp³-hybridized carbons (Fsp3) is 0.800. The van der Waals surface area contributed by atoms with Crippen molar-refractivity contribution >= 4 is 11.3 Å². The lowest BCUT2D eigenvalue weighted by atomic mass is 10.2. The van der Waals surface area contributed by atoms with Crippen LogP contribution in [-0.4, -0.2) is 35.6 Å². The van der Waals surface area contributed by atoms with Gasteiger partial charge in [-0.3, -0.25) is 4.90 Å². The molecule has 0 amide bonds. The summed E-state index contributed by atoms with van der Waals surface area (Å²) in [6.07, 6.45) is 3.88.